The lowest BCUT2D eigenvalue weighted by Crippen LogP contribution is -2.61. The molecule has 0 aromatic rings. The fourth-order valence-corrected chi connectivity index (χ4v) is 5.49. The number of carboxylic acid groups (broad SMARTS) is 2. The maximum atomic E-state index is 13.5. The van der Waals surface area contributed by atoms with Gasteiger partial charge >= 0.3 is 17.9 Å². The molecule has 10 atom stereocenters. The van der Waals surface area contributed by atoms with Crippen molar-refractivity contribution in [2.24, 2.45) is 5.92 Å². The number of aliphatic hydroxyl groups is 3. The van der Waals surface area contributed by atoms with E-state index in [0.29, 0.717) is 19.3 Å². The predicted molar refractivity (Wildman–Crippen MR) is 120 cm³/mol. The molecule has 36 heavy (non-hydrogen) atoms. The molecule has 1 aliphatic carbocycles. The number of hydrogen-bond acceptors (Lipinski definition) is 10. The Labute approximate surface area is 208 Å². The van der Waals surface area contributed by atoms with E-state index in [1.807, 2.05) is 6.92 Å². The van der Waals surface area contributed by atoms with Gasteiger partial charge in [-0.3, -0.25) is 14.9 Å². The van der Waals surface area contributed by atoms with Crippen LogP contribution in [0.1, 0.15) is 58.8 Å². The van der Waals surface area contributed by atoms with Crippen LogP contribution >= 0.6 is 0 Å². The smallest absolute Gasteiger partial charge is 0.335 e. The molecule has 0 radical (unpaired) electrons. The zero-order valence-electron chi connectivity index (χ0n) is 20.4. The molecule has 3 rings (SSSR count). The fourth-order valence-electron chi connectivity index (χ4n) is 5.49. The quantitative estimate of drug-likeness (QED) is 0.200. The normalized spacial score (nSPS) is 36.0. The molecule has 2 aliphatic heterocycles. The summed E-state index contributed by atoms with van der Waals surface area (Å²) in [4.78, 5) is 51.1. The molecule has 0 spiro atoms. The Hall–Kier alpha value is -2.32. The number of carbonyl (C=O) groups is 4. The second-order valence-electron chi connectivity index (χ2n) is 9.85. The summed E-state index contributed by atoms with van der Waals surface area (Å²) in [7, 11) is 0. The first kappa shape index (κ1) is 28.3. The van der Waals surface area contributed by atoms with Gasteiger partial charge in [-0.05, 0) is 38.5 Å². The minimum Gasteiger partial charge on any atom is -0.480 e. The van der Waals surface area contributed by atoms with E-state index in [2.05, 4.69) is 5.32 Å². The number of nitrogens with zero attached hydrogens (tertiary/aromatic N) is 1. The molecule has 3 aliphatic rings. The van der Waals surface area contributed by atoms with Crippen LogP contribution in [-0.2, 0) is 28.7 Å². The summed E-state index contributed by atoms with van der Waals surface area (Å²) < 4.78 is 10.3. The van der Waals surface area contributed by atoms with E-state index in [1.165, 1.54) is 11.8 Å². The van der Waals surface area contributed by atoms with Crippen molar-refractivity contribution in [3.05, 3.63) is 0 Å². The molecule has 2 saturated heterocycles. The molecule has 3 fully saturated rings. The van der Waals surface area contributed by atoms with Crippen LogP contribution in [0.5, 0.6) is 0 Å². The lowest BCUT2D eigenvalue weighted by atomic mass is 9.84. The zero-order chi connectivity index (χ0) is 26.7. The van der Waals surface area contributed by atoms with Gasteiger partial charge in [0.25, 0.3) is 0 Å². The second kappa shape index (κ2) is 11.8. The second-order valence-corrected chi connectivity index (χ2v) is 9.85. The van der Waals surface area contributed by atoms with Crippen molar-refractivity contribution >= 4 is 23.8 Å². The van der Waals surface area contributed by atoms with Crippen LogP contribution in [0.15, 0.2) is 0 Å². The molecule has 13 heteroatoms. The Bertz CT molecular complexity index is 839. The first-order valence-corrected chi connectivity index (χ1v) is 12.4. The summed E-state index contributed by atoms with van der Waals surface area (Å²) in [6, 6.07) is -3.15. The lowest BCUT2D eigenvalue weighted by Gasteiger charge is -2.39. The number of fused-ring (bicyclic) bond motifs is 1. The maximum absolute atomic E-state index is 13.5. The third-order valence-electron chi connectivity index (χ3n) is 7.36. The third-order valence-corrected chi connectivity index (χ3v) is 7.36. The number of aliphatic hydroxyl groups excluding tert-OH is 3. The molecule has 0 bridgehead atoms. The predicted octanol–water partition coefficient (Wildman–Crippen LogP) is -1.19. The Morgan fingerprint density at radius 3 is 2.33 bits per heavy atom. The minimum absolute atomic E-state index is 0.0229. The molecule has 204 valence electrons. The number of likely N-dealkylation sites (tertiary alicyclic amines) is 1. The van der Waals surface area contributed by atoms with E-state index in [1.54, 1.807) is 0 Å². The number of ether oxygens (including phenoxy) is 2. The molecule has 1 amide bonds. The molecule has 5 unspecified atom stereocenters. The van der Waals surface area contributed by atoms with Gasteiger partial charge in [-0.25, -0.2) is 9.59 Å². The van der Waals surface area contributed by atoms with Crippen LogP contribution in [0.4, 0.5) is 0 Å². The molecule has 0 aromatic heterocycles. The number of amides is 1. The number of aliphatic carboxylic acids is 2. The first-order valence-electron chi connectivity index (χ1n) is 12.4. The standard InChI is InChI=1S/C23H36N2O11/c1-3-6-12(20(30)31)24-10(2)19(29)25-13-8-5-4-7-11(13)9-14(25)22(34)36-23-17(28)15(26)16(27)18(35-23)21(32)33/h10-18,23-24,26-28H,3-9H2,1-2H3,(H,30,31)(H,32,33)/t10?,11?,12?,13?,14?,15-,16-,17+,18-,23-/m0/s1. The highest BCUT2D eigenvalue weighted by molar-refractivity contribution is 5.89. The molecule has 1 saturated carbocycles. The van der Waals surface area contributed by atoms with Gasteiger partial charge in [-0.1, -0.05) is 26.2 Å². The summed E-state index contributed by atoms with van der Waals surface area (Å²) in [5.74, 6) is -4.07. The van der Waals surface area contributed by atoms with E-state index >= 15 is 0 Å². The molecular weight excluding hydrogens is 480 g/mol. The highest BCUT2D eigenvalue weighted by Crippen LogP contribution is 2.41. The molecule has 0 aromatic carbocycles. The van der Waals surface area contributed by atoms with E-state index in [-0.39, 0.29) is 18.4 Å². The van der Waals surface area contributed by atoms with Crippen LogP contribution < -0.4 is 5.32 Å². The van der Waals surface area contributed by atoms with Crippen molar-refractivity contribution in [1.29, 1.82) is 0 Å². The van der Waals surface area contributed by atoms with Gasteiger partial charge in [0.2, 0.25) is 12.2 Å². The van der Waals surface area contributed by atoms with Crippen LogP contribution in [0.25, 0.3) is 0 Å². The molecular formula is C23H36N2O11. The van der Waals surface area contributed by atoms with E-state index in [0.717, 1.165) is 19.3 Å². The van der Waals surface area contributed by atoms with Crippen molar-refractivity contribution < 1.29 is 54.2 Å². The largest absolute Gasteiger partial charge is 0.480 e. The summed E-state index contributed by atoms with van der Waals surface area (Å²) in [5, 5.41) is 51.6. The summed E-state index contributed by atoms with van der Waals surface area (Å²) in [5.41, 5.74) is 0. The number of hydrogen-bond donors (Lipinski definition) is 6. The number of nitrogens with one attached hydrogen (secondary N) is 1. The van der Waals surface area contributed by atoms with Gasteiger partial charge in [0.1, 0.15) is 30.4 Å². The van der Waals surface area contributed by atoms with Gasteiger partial charge in [0.15, 0.2) is 6.10 Å². The Kier molecular flexibility index (Phi) is 9.28. The summed E-state index contributed by atoms with van der Waals surface area (Å²) >= 11 is 0. The average Bonchev–Trinajstić information content (AvgIpc) is 3.22. The molecule has 2 heterocycles. The van der Waals surface area contributed by atoms with Crippen LogP contribution in [0.3, 0.4) is 0 Å². The van der Waals surface area contributed by atoms with Crippen molar-refractivity contribution in [3.8, 4) is 0 Å². The lowest BCUT2D eigenvalue weighted by molar-refractivity contribution is -0.287. The maximum Gasteiger partial charge on any atom is 0.335 e. The highest BCUT2D eigenvalue weighted by atomic mass is 16.7. The van der Waals surface area contributed by atoms with Crippen LogP contribution in [0.2, 0.25) is 0 Å². The Balaban J connectivity index is 1.78. The number of esters is 1. The van der Waals surface area contributed by atoms with Gasteiger partial charge < -0.3 is 39.9 Å². The van der Waals surface area contributed by atoms with Crippen molar-refractivity contribution in [2.45, 2.75) is 114 Å². The molecule has 13 nitrogen and oxygen atoms in total. The van der Waals surface area contributed by atoms with Crippen LogP contribution in [-0.4, -0.2) is 109 Å². The van der Waals surface area contributed by atoms with Gasteiger partial charge in [0, 0.05) is 6.04 Å². The third kappa shape index (κ3) is 5.80. The van der Waals surface area contributed by atoms with E-state index in [9.17, 15) is 44.7 Å². The number of carboxylic acids is 2. The van der Waals surface area contributed by atoms with Crippen molar-refractivity contribution in [2.75, 3.05) is 0 Å². The van der Waals surface area contributed by atoms with E-state index < -0.39 is 72.6 Å². The average molecular weight is 517 g/mol. The minimum atomic E-state index is -1.93. The van der Waals surface area contributed by atoms with Gasteiger partial charge in [0.05, 0.1) is 6.04 Å². The fraction of sp³-hybridized carbons (Fsp3) is 0.826. The molecule has 6 N–H and O–H groups in total. The summed E-state index contributed by atoms with van der Waals surface area (Å²) in [6.07, 6.45) is -5.11. The zero-order valence-corrected chi connectivity index (χ0v) is 20.4. The van der Waals surface area contributed by atoms with Crippen LogP contribution in [0, 0.1) is 5.92 Å². The Morgan fingerprint density at radius 1 is 1.06 bits per heavy atom. The van der Waals surface area contributed by atoms with Gasteiger partial charge in [-0.15, -0.1) is 0 Å². The SMILES string of the molecule is CCCC(NC(C)C(=O)N1C(C(=O)O[C@@H]2O[C@H](C(=O)O)[C@@H](O)[C@H](O)[C@H]2O)CC2CCCCC21)C(=O)O. The van der Waals surface area contributed by atoms with Crippen molar-refractivity contribution in [1.82, 2.24) is 10.2 Å². The highest BCUT2D eigenvalue weighted by Gasteiger charge is 2.52. The number of rotatable bonds is 9. The first-order chi connectivity index (χ1) is 17.0. The van der Waals surface area contributed by atoms with Gasteiger partial charge in [-0.2, -0.15) is 0 Å². The van der Waals surface area contributed by atoms with Crippen molar-refractivity contribution in [3.63, 3.8) is 0 Å². The van der Waals surface area contributed by atoms with E-state index in [4.69, 9.17) is 9.47 Å². The monoisotopic (exact) mass is 516 g/mol. The Morgan fingerprint density at radius 2 is 1.72 bits per heavy atom. The summed E-state index contributed by atoms with van der Waals surface area (Å²) in [6.45, 7) is 3.37. The number of carbonyl (C=O) groups excluding carboxylic acids is 2. The topological polar surface area (TPSA) is 203 Å².